The van der Waals surface area contributed by atoms with Crippen molar-refractivity contribution in [1.29, 1.82) is 0 Å². The predicted molar refractivity (Wildman–Crippen MR) is 106 cm³/mol. The zero-order valence-corrected chi connectivity index (χ0v) is 16.2. The summed E-state index contributed by atoms with van der Waals surface area (Å²) in [7, 11) is 3.28. The van der Waals surface area contributed by atoms with Crippen molar-refractivity contribution in [3.63, 3.8) is 0 Å². The fourth-order valence-corrected chi connectivity index (χ4v) is 3.58. The Morgan fingerprint density at radius 1 is 1.24 bits per heavy atom. The molecule has 1 saturated heterocycles. The first-order chi connectivity index (χ1) is 14.1. The summed E-state index contributed by atoms with van der Waals surface area (Å²) >= 11 is 0. The molecule has 0 bridgehead atoms. The van der Waals surface area contributed by atoms with Crippen molar-refractivity contribution in [2.75, 3.05) is 32.6 Å². The molecule has 29 heavy (non-hydrogen) atoms. The van der Waals surface area contributed by atoms with Gasteiger partial charge in [-0.15, -0.1) is 0 Å². The van der Waals surface area contributed by atoms with Crippen LogP contribution in [0.5, 0.6) is 11.5 Å². The second-order valence-corrected chi connectivity index (χ2v) is 6.95. The topological polar surface area (TPSA) is 107 Å². The summed E-state index contributed by atoms with van der Waals surface area (Å²) < 4.78 is 11.9. The SMILES string of the molecule is COc1cc(CN2CCC(Nc3ccc4ncc([N+](=O)[O-])n4n3)C2)cc(OC)c1. The monoisotopic (exact) mass is 398 g/mol. The van der Waals surface area contributed by atoms with Gasteiger partial charge in [-0.2, -0.15) is 0 Å². The molecule has 1 aromatic carbocycles. The summed E-state index contributed by atoms with van der Waals surface area (Å²) in [5.74, 6) is 1.98. The number of hydrogen-bond donors (Lipinski definition) is 1. The van der Waals surface area contributed by atoms with E-state index in [0.717, 1.165) is 43.1 Å². The number of benzene rings is 1. The second kappa shape index (κ2) is 7.92. The first-order valence-electron chi connectivity index (χ1n) is 9.25. The lowest BCUT2D eigenvalue weighted by Crippen LogP contribution is -2.26. The molecule has 0 radical (unpaired) electrons. The Morgan fingerprint density at radius 3 is 2.69 bits per heavy atom. The molecule has 10 nitrogen and oxygen atoms in total. The number of fused-ring (bicyclic) bond motifs is 1. The maximum absolute atomic E-state index is 11.1. The molecule has 1 N–H and O–H groups in total. The Hall–Kier alpha value is -3.40. The Balaban J connectivity index is 1.42. The molecule has 2 aromatic heterocycles. The number of rotatable bonds is 7. The van der Waals surface area contributed by atoms with E-state index in [9.17, 15) is 10.1 Å². The average Bonchev–Trinajstić information content (AvgIpc) is 3.34. The molecule has 1 unspecified atom stereocenters. The number of nitro groups is 1. The van der Waals surface area contributed by atoms with Gasteiger partial charge in [0.05, 0.1) is 14.2 Å². The quantitative estimate of drug-likeness (QED) is 0.477. The van der Waals surface area contributed by atoms with Gasteiger partial charge in [0.1, 0.15) is 17.7 Å². The Kier molecular flexibility index (Phi) is 5.17. The van der Waals surface area contributed by atoms with Gasteiger partial charge in [0, 0.05) is 37.8 Å². The minimum absolute atomic E-state index is 0.149. The summed E-state index contributed by atoms with van der Waals surface area (Å²) in [5.41, 5.74) is 1.57. The molecule has 3 aromatic rings. The van der Waals surface area contributed by atoms with Crippen LogP contribution in [0.1, 0.15) is 12.0 Å². The van der Waals surface area contributed by atoms with Crippen LogP contribution >= 0.6 is 0 Å². The first-order valence-corrected chi connectivity index (χ1v) is 9.25. The third kappa shape index (κ3) is 4.06. The minimum Gasteiger partial charge on any atom is -0.497 e. The van der Waals surface area contributed by atoms with Gasteiger partial charge in [-0.25, -0.2) is 4.98 Å². The molecule has 1 atom stereocenters. The Morgan fingerprint density at radius 2 is 2.00 bits per heavy atom. The molecule has 0 aliphatic carbocycles. The number of imidazole rings is 1. The molecule has 10 heteroatoms. The van der Waals surface area contributed by atoms with E-state index in [-0.39, 0.29) is 11.9 Å². The van der Waals surface area contributed by atoms with Crippen LogP contribution in [0.2, 0.25) is 0 Å². The number of nitrogens with zero attached hydrogens (tertiary/aromatic N) is 5. The van der Waals surface area contributed by atoms with Gasteiger partial charge in [0.2, 0.25) is 5.65 Å². The zero-order chi connectivity index (χ0) is 20.4. The minimum atomic E-state index is -0.490. The number of anilines is 1. The molecular formula is C19H22N6O4. The number of aromatic nitrogens is 3. The van der Waals surface area contributed by atoms with Gasteiger partial charge in [0.25, 0.3) is 0 Å². The lowest BCUT2D eigenvalue weighted by molar-refractivity contribution is -0.391. The highest BCUT2D eigenvalue weighted by molar-refractivity contribution is 5.48. The molecule has 1 fully saturated rings. The van der Waals surface area contributed by atoms with Crippen molar-refractivity contribution in [2.45, 2.75) is 19.0 Å². The number of hydrogen-bond acceptors (Lipinski definition) is 8. The van der Waals surface area contributed by atoms with Crippen molar-refractivity contribution < 1.29 is 14.4 Å². The van der Waals surface area contributed by atoms with Gasteiger partial charge in [-0.05, 0) is 35.1 Å². The lowest BCUT2D eigenvalue weighted by Gasteiger charge is -2.18. The summed E-state index contributed by atoms with van der Waals surface area (Å²) in [6, 6.07) is 9.59. The number of ether oxygens (including phenoxy) is 2. The fourth-order valence-electron chi connectivity index (χ4n) is 3.58. The van der Waals surface area contributed by atoms with E-state index in [2.05, 4.69) is 20.3 Å². The number of methoxy groups -OCH3 is 2. The molecule has 0 spiro atoms. The van der Waals surface area contributed by atoms with E-state index in [0.29, 0.717) is 11.5 Å². The average molecular weight is 398 g/mol. The number of likely N-dealkylation sites (tertiary alicyclic amines) is 1. The van der Waals surface area contributed by atoms with Gasteiger partial charge in [-0.3, -0.25) is 4.90 Å². The zero-order valence-electron chi connectivity index (χ0n) is 16.2. The maximum Gasteiger partial charge on any atom is 0.368 e. The van der Waals surface area contributed by atoms with Crippen LogP contribution in [0.15, 0.2) is 36.5 Å². The van der Waals surface area contributed by atoms with E-state index in [4.69, 9.17) is 9.47 Å². The van der Waals surface area contributed by atoms with E-state index >= 15 is 0 Å². The first kappa shape index (κ1) is 18.9. The highest BCUT2D eigenvalue weighted by atomic mass is 16.6. The summed E-state index contributed by atoms with van der Waals surface area (Å²) in [6.07, 6.45) is 2.17. The van der Waals surface area contributed by atoms with Crippen molar-refractivity contribution in [1.82, 2.24) is 19.5 Å². The second-order valence-electron chi connectivity index (χ2n) is 6.95. The Labute approximate surface area is 167 Å². The van der Waals surface area contributed by atoms with Crippen LogP contribution in [0.25, 0.3) is 5.65 Å². The van der Waals surface area contributed by atoms with Crippen LogP contribution in [-0.2, 0) is 6.54 Å². The van der Waals surface area contributed by atoms with Crippen molar-refractivity contribution >= 4 is 17.3 Å². The van der Waals surface area contributed by atoms with Gasteiger partial charge in [0.15, 0.2) is 5.82 Å². The number of nitrogens with one attached hydrogen (secondary N) is 1. The summed E-state index contributed by atoms with van der Waals surface area (Å²) in [6.45, 7) is 2.56. The van der Waals surface area contributed by atoms with Gasteiger partial charge < -0.3 is 24.9 Å². The molecule has 152 valence electrons. The standard InChI is InChI=1S/C19H22N6O4/c1-28-15-7-13(8-16(9-15)29-2)11-23-6-5-14(12-23)21-17-3-4-18-20-10-19(25(26)27)24(18)22-17/h3-4,7-10,14H,5-6,11-12H2,1-2H3,(H,21,22). The van der Waals surface area contributed by atoms with Crippen LogP contribution in [-0.4, -0.2) is 57.8 Å². The third-order valence-corrected chi connectivity index (χ3v) is 4.97. The lowest BCUT2D eigenvalue weighted by atomic mass is 10.2. The maximum atomic E-state index is 11.1. The highest BCUT2D eigenvalue weighted by Gasteiger charge is 2.24. The van der Waals surface area contributed by atoms with Crippen LogP contribution < -0.4 is 14.8 Å². The van der Waals surface area contributed by atoms with Crippen molar-refractivity contribution in [2.24, 2.45) is 0 Å². The third-order valence-electron chi connectivity index (χ3n) is 4.97. The van der Waals surface area contributed by atoms with E-state index in [1.165, 1.54) is 10.7 Å². The van der Waals surface area contributed by atoms with E-state index < -0.39 is 4.92 Å². The van der Waals surface area contributed by atoms with E-state index in [1.54, 1.807) is 26.4 Å². The van der Waals surface area contributed by atoms with Gasteiger partial charge in [-0.1, -0.05) is 9.61 Å². The van der Waals surface area contributed by atoms with Gasteiger partial charge >= 0.3 is 5.82 Å². The molecule has 3 heterocycles. The van der Waals surface area contributed by atoms with Crippen LogP contribution in [0.4, 0.5) is 11.6 Å². The molecule has 1 aliphatic heterocycles. The highest BCUT2D eigenvalue weighted by Crippen LogP contribution is 2.25. The predicted octanol–water partition coefficient (Wildman–Crippen LogP) is 2.34. The molecular weight excluding hydrogens is 376 g/mol. The van der Waals surface area contributed by atoms with Crippen molar-refractivity contribution in [3.8, 4) is 11.5 Å². The normalized spacial score (nSPS) is 16.8. The fraction of sp³-hybridized carbons (Fsp3) is 0.368. The molecule has 1 aliphatic rings. The largest absolute Gasteiger partial charge is 0.497 e. The molecule has 4 rings (SSSR count). The van der Waals surface area contributed by atoms with Crippen LogP contribution in [0.3, 0.4) is 0 Å². The smallest absolute Gasteiger partial charge is 0.368 e. The molecule has 0 amide bonds. The summed E-state index contributed by atoms with van der Waals surface area (Å²) in [5, 5.41) is 18.8. The molecule has 0 saturated carbocycles. The van der Waals surface area contributed by atoms with E-state index in [1.807, 2.05) is 18.2 Å². The van der Waals surface area contributed by atoms with Crippen LogP contribution in [0, 0.1) is 10.1 Å². The van der Waals surface area contributed by atoms with Crippen molar-refractivity contribution in [3.05, 3.63) is 52.2 Å². The summed E-state index contributed by atoms with van der Waals surface area (Å²) in [4.78, 5) is 16.9. The Bertz CT molecular complexity index is 1010.